The molecule has 0 saturated heterocycles. The van der Waals surface area contributed by atoms with Crippen LogP contribution in [0.5, 0.6) is 0 Å². The molecule has 0 fully saturated rings. The van der Waals surface area contributed by atoms with Gasteiger partial charge in [0, 0.05) is 24.5 Å². The van der Waals surface area contributed by atoms with E-state index in [1.54, 1.807) is 18.6 Å². The van der Waals surface area contributed by atoms with E-state index < -0.39 is 0 Å². The average Bonchev–Trinajstić information content (AvgIpc) is 2.76. The quantitative estimate of drug-likeness (QED) is 0.849. The SMILES string of the molecule is CNCc1ccc(F)c(Cn2ccnc2)c1. The molecule has 16 heavy (non-hydrogen) atoms. The topological polar surface area (TPSA) is 29.9 Å². The Labute approximate surface area is 93.9 Å². The summed E-state index contributed by atoms with van der Waals surface area (Å²) in [5.74, 6) is -0.173. The van der Waals surface area contributed by atoms with Crippen molar-refractivity contribution in [2.24, 2.45) is 0 Å². The lowest BCUT2D eigenvalue weighted by Gasteiger charge is -2.07. The molecule has 2 aromatic rings. The molecule has 1 heterocycles. The lowest BCUT2D eigenvalue weighted by Crippen LogP contribution is -2.07. The van der Waals surface area contributed by atoms with Gasteiger partial charge in [-0.05, 0) is 24.7 Å². The molecule has 4 heteroatoms. The number of nitrogens with zero attached hydrogens (tertiary/aromatic N) is 2. The van der Waals surface area contributed by atoms with Gasteiger partial charge in [-0.3, -0.25) is 0 Å². The molecule has 0 bridgehead atoms. The summed E-state index contributed by atoms with van der Waals surface area (Å²) in [6.45, 7) is 1.26. The van der Waals surface area contributed by atoms with Crippen molar-refractivity contribution in [3.63, 3.8) is 0 Å². The van der Waals surface area contributed by atoms with Crippen LogP contribution in [0.15, 0.2) is 36.9 Å². The highest BCUT2D eigenvalue weighted by molar-refractivity contribution is 5.25. The Balaban J connectivity index is 2.21. The van der Waals surface area contributed by atoms with Gasteiger partial charge in [0.25, 0.3) is 0 Å². The van der Waals surface area contributed by atoms with Crippen LogP contribution in [0.4, 0.5) is 4.39 Å². The summed E-state index contributed by atoms with van der Waals surface area (Å²) in [5, 5.41) is 3.05. The van der Waals surface area contributed by atoms with Gasteiger partial charge in [0.05, 0.1) is 12.9 Å². The molecule has 1 N–H and O–H groups in total. The van der Waals surface area contributed by atoms with Crippen LogP contribution in [-0.2, 0) is 13.1 Å². The van der Waals surface area contributed by atoms with Crippen molar-refractivity contribution < 1.29 is 4.39 Å². The molecule has 0 radical (unpaired) electrons. The molecule has 0 aliphatic rings. The minimum Gasteiger partial charge on any atom is -0.333 e. The van der Waals surface area contributed by atoms with E-state index in [1.165, 1.54) is 6.07 Å². The van der Waals surface area contributed by atoms with Gasteiger partial charge in [-0.2, -0.15) is 0 Å². The van der Waals surface area contributed by atoms with Crippen molar-refractivity contribution in [2.45, 2.75) is 13.1 Å². The van der Waals surface area contributed by atoms with E-state index in [4.69, 9.17) is 0 Å². The number of imidazole rings is 1. The van der Waals surface area contributed by atoms with Gasteiger partial charge in [0.15, 0.2) is 0 Å². The summed E-state index contributed by atoms with van der Waals surface area (Å²) in [6, 6.07) is 5.19. The van der Waals surface area contributed by atoms with Crippen LogP contribution in [-0.4, -0.2) is 16.6 Å². The molecule has 0 saturated carbocycles. The summed E-state index contributed by atoms with van der Waals surface area (Å²) in [6.07, 6.45) is 5.20. The van der Waals surface area contributed by atoms with Crippen LogP contribution in [0.2, 0.25) is 0 Å². The van der Waals surface area contributed by atoms with E-state index in [-0.39, 0.29) is 5.82 Å². The first-order chi connectivity index (χ1) is 7.79. The Morgan fingerprint density at radius 1 is 1.44 bits per heavy atom. The van der Waals surface area contributed by atoms with Crippen molar-refractivity contribution in [1.29, 1.82) is 0 Å². The van der Waals surface area contributed by atoms with Gasteiger partial charge in [-0.15, -0.1) is 0 Å². The number of aromatic nitrogens is 2. The molecular formula is C12H14FN3. The summed E-state index contributed by atoms with van der Waals surface area (Å²) in [7, 11) is 1.87. The molecular weight excluding hydrogens is 205 g/mol. The first kappa shape index (κ1) is 10.8. The van der Waals surface area contributed by atoms with Crippen molar-refractivity contribution in [1.82, 2.24) is 14.9 Å². The lowest BCUT2D eigenvalue weighted by atomic mass is 10.1. The van der Waals surface area contributed by atoms with E-state index in [9.17, 15) is 4.39 Å². The molecule has 0 unspecified atom stereocenters. The molecule has 1 aromatic heterocycles. The minimum atomic E-state index is -0.173. The second kappa shape index (κ2) is 4.90. The predicted octanol–water partition coefficient (Wildman–Crippen LogP) is 1.79. The molecule has 0 aliphatic heterocycles. The molecule has 0 amide bonds. The Kier molecular flexibility index (Phi) is 3.31. The molecule has 3 nitrogen and oxygen atoms in total. The van der Waals surface area contributed by atoms with Crippen LogP contribution < -0.4 is 5.32 Å². The third-order valence-electron chi connectivity index (χ3n) is 2.40. The van der Waals surface area contributed by atoms with Gasteiger partial charge in [0.1, 0.15) is 5.82 Å². The molecule has 2 rings (SSSR count). The van der Waals surface area contributed by atoms with Crippen LogP contribution in [0.1, 0.15) is 11.1 Å². The number of benzene rings is 1. The summed E-state index contributed by atoms with van der Waals surface area (Å²) >= 11 is 0. The van der Waals surface area contributed by atoms with Crippen molar-refractivity contribution in [3.8, 4) is 0 Å². The van der Waals surface area contributed by atoms with Gasteiger partial charge in [0.2, 0.25) is 0 Å². The van der Waals surface area contributed by atoms with E-state index in [0.717, 1.165) is 12.1 Å². The number of rotatable bonds is 4. The maximum Gasteiger partial charge on any atom is 0.128 e. The second-order valence-corrected chi connectivity index (χ2v) is 3.69. The molecule has 0 aliphatic carbocycles. The molecule has 0 atom stereocenters. The van der Waals surface area contributed by atoms with E-state index >= 15 is 0 Å². The lowest BCUT2D eigenvalue weighted by molar-refractivity contribution is 0.597. The van der Waals surface area contributed by atoms with E-state index in [0.29, 0.717) is 12.1 Å². The maximum absolute atomic E-state index is 13.5. The van der Waals surface area contributed by atoms with Crippen LogP contribution in [0.3, 0.4) is 0 Å². The Morgan fingerprint density at radius 3 is 3.00 bits per heavy atom. The number of nitrogens with one attached hydrogen (secondary N) is 1. The van der Waals surface area contributed by atoms with Crippen LogP contribution in [0.25, 0.3) is 0 Å². The molecule has 0 spiro atoms. The van der Waals surface area contributed by atoms with Gasteiger partial charge in [-0.25, -0.2) is 9.37 Å². The van der Waals surface area contributed by atoms with Crippen molar-refractivity contribution in [2.75, 3.05) is 7.05 Å². The first-order valence-electron chi connectivity index (χ1n) is 5.17. The van der Waals surface area contributed by atoms with Crippen molar-refractivity contribution in [3.05, 3.63) is 53.9 Å². The van der Waals surface area contributed by atoms with Gasteiger partial charge in [-0.1, -0.05) is 6.07 Å². The summed E-state index contributed by atoms with van der Waals surface area (Å²) in [5.41, 5.74) is 1.77. The van der Waals surface area contributed by atoms with Crippen molar-refractivity contribution >= 4 is 0 Å². The third-order valence-corrected chi connectivity index (χ3v) is 2.40. The minimum absolute atomic E-state index is 0.173. The fraction of sp³-hybridized carbons (Fsp3) is 0.250. The van der Waals surface area contributed by atoms with Gasteiger partial charge < -0.3 is 9.88 Å². The Hall–Kier alpha value is -1.68. The predicted molar refractivity (Wildman–Crippen MR) is 60.5 cm³/mol. The highest BCUT2D eigenvalue weighted by atomic mass is 19.1. The normalized spacial score (nSPS) is 10.6. The highest BCUT2D eigenvalue weighted by Crippen LogP contribution is 2.12. The largest absolute Gasteiger partial charge is 0.333 e. The smallest absolute Gasteiger partial charge is 0.128 e. The maximum atomic E-state index is 13.5. The summed E-state index contributed by atoms with van der Waals surface area (Å²) in [4.78, 5) is 3.93. The van der Waals surface area contributed by atoms with Crippen LogP contribution >= 0.6 is 0 Å². The zero-order valence-corrected chi connectivity index (χ0v) is 9.15. The first-order valence-corrected chi connectivity index (χ1v) is 5.17. The fourth-order valence-corrected chi connectivity index (χ4v) is 1.64. The number of hydrogen-bond acceptors (Lipinski definition) is 2. The Bertz CT molecular complexity index is 451. The molecule has 84 valence electrons. The fourth-order valence-electron chi connectivity index (χ4n) is 1.64. The van der Waals surface area contributed by atoms with E-state index in [1.807, 2.05) is 23.9 Å². The molecule has 1 aromatic carbocycles. The standard InChI is InChI=1S/C12H14FN3/c1-14-7-10-2-3-12(13)11(6-10)8-16-5-4-15-9-16/h2-6,9,14H,7-8H2,1H3. The zero-order valence-electron chi connectivity index (χ0n) is 9.15. The van der Waals surface area contributed by atoms with E-state index in [2.05, 4.69) is 10.3 Å². The second-order valence-electron chi connectivity index (χ2n) is 3.69. The van der Waals surface area contributed by atoms with Gasteiger partial charge >= 0.3 is 0 Å². The highest BCUT2D eigenvalue weighted by Gasteiger charge is 2.04. The Morgan fingerprint density at radius 2 is 2.31 bits per heavy atom. The zero-order chi connectivity index (χ0) is 11.4. The average molecular weight is 219 g/mol. The monoisotopic (exact) mass is 219 g/mol. The third kappa shape index (κ3) is 2.46. The number of hydrogen-bond donors (Lipinski definition) is 1. The number of halogens is 1. The van der Waals surface area contributed by atoms with Crippen LogP contribution in [0, 0.1) is 5.82 Å². The summed E-state index contributed by atoms with van der Waals surface area (Å²) < 4.78 is 15.4.